The average Bonchev–Trinajstić information content (AvgIpc) is 2.57. The summed E-state index contributed by atoms with van der Waals surface area (Å²) < 4.78 is 0. The molecule has 2 heteroatoms. The van der Waals surface area contributed by atoms with Crippen LogP contribution in [0.15, 0.2) is 6.07 Å². The minimum Gasteiger partial charge on any atom is -0.312 e. The first-order chi connectivity index (χ1) is 8.44. The summed E-state index contributed by atoms with van der Waals surface area (Å²) in [6.07, 6.45) is 5.38. The van der Waals surface area contributed by atoms with Crippen LogP contribution in [0.1, 0.15) is 61.8 Å². The fourth-order valence-electron chi connectivity index (χ4n) is 2.34. The first-order valence-corrected chi connectivity index (χ1v) is 8.03. The van der Waals surface area contributed by atoms with Gasteiger partial charge in [-0.2, -0.15) is 0 Å². The van der Waals surface area contributed by atoms with Crippen LogP contribution in [0.5, 0.6) is 0 Å². The van der Waals surface area contributed by atoms with Crippen LogP contribution in [0.4, 0.5) is 0 Å². The summed E-state index contributed by atoms with van der Waals surface area (Å²) in [5, 5.41) is 3.63. The summed E-state index contributed by atoms with van der Waals surface area (Å²) in [5.74, 6) is 0. The molecule has 1 heterocycles. The van der Waals surface area contributed by atoms with Gasteiger partial charge in [-0.05, 0) is 37.3 Å². The minimum atomic E-state index is 0.425. The van der Waals surface area contributed by atoms with E-state index in [0.29, 0.717) is 5.41 Å². The van der Waals surface area contributed by atoms with Gasteiger partial charge in [0.05, 0.1) is 0 Å². The van der Waals surface area contributed by atoms with Crippen LogP contribution >= 0.6 is 11.3 Å². The van der Waals surface area contributed by atoms with Crippen LogP contribution in [0.2, 0.25) is 0 Å². The number of unbranched alkanes of at least 4 members (excludes halogenated alkanes) is 2. The van der Waals surface area contributed by atoms with Gasteiger partial charge >= 0.3 is 0 Å². The largest absolute Gasteiger partial charge is 0.312 e. The summed E-state index contributed by atoms with van der Waals surface area (Å²) in [4.78, 5) is 2.88. The number of nitrogens with one attached hydrogen (secondary N) is 1. The van der Waals surface area contributed by atoms with Crippen LogP contribution in [0.25, 0.3) is 0 Å². The monoisotopic (exact) mass is 267 g/mol. The predicted molar refractivity (Wildman–Crippen MR) is 83.4 cm³/mol. The van der Waals surface area contributed by atoms with Gasteiger partial charge in [0.1, 0.15) is 0 Å². The van der Waals surface area contributed by atoms with Crippen molar-refractivity contribution in [1.82, 2.24) is 5.32 Å². The van der Waals surface area contributed by atoms with E-state index in [1.807, 2.05) is 11.3 Å². The van der Waals surface area contributed by atoms with Crippen molar-refractivity contribution in [3.05, 3.63) is 21.4 Å². The maximum Gasteiger partial charge on any atom is 0.0216 e. The zero-order valence-electron chi connectivity index (χ0n) is 12.7. The molecule has 0 unspecified atom stereocenters. The Morgan fingerprint density at radius 1 is 1.22 bits per heavy atom. The van der Waals surface area contributed by atoms with E-state index in [2.05, 4.69) is 46.0 Å². The Kier molecular flexibility index (Phi) is 6.37. The van der Waals surface area contributed by atoms with Crippen molar-refractivity contribution < 1.29 is 0 Å². The molecule has 0 radical (unpaired) electrons. The molecule has 1 rings (SSSR count). The minimum absolute atomic E-state index is 0.425. The molecule has 104 valence electrons. The number of hydrogen-bond donors (Lipinski definition) is 1. The Morgan fingerprint density at radius 2 is 1.94 bits per heavy atom. The third kappa shape index (κ3) is 5.53. The van der Waals surface area contributed by atoms with E-state index in [1.54, 1.807) is 0 Å². The highest BCUT2D eigenvalue weighted by Crippen LogP contribution is 2.24. The van der Waals surface area contributed by atoms with Crippen LogP contribution < -0.4 is 5.32 Å². The molecule has 1 aromatic heterocycles. The van der Waals surface area contributed by atoms with Gasteiger partial charge in [0.25, 0.3) is 0 Å². The summed E-state index contributed by atoms with van der Waals surface area (Å²) in [6.45, 7) is 13.6. The molecular formula is C16H29NS. The van der Waals surface area contributed by atoms with E-state index in [4.69, 9.17) is 0 Å². The molecule has 0 aromatic carbocycles. The second-order valence-electron chi connectivity index (χ2n) is 6.16. The highest BCUT2D eigenvalue weighted by Gasteiger charge is 2.16. The van der Waals surface area contributed by atoms with E-state index < -0.39 is 0 Å². The molecule has 1 aromatic rings. The van der Waals surface area contributed by atoms with E-state index in [-0.39, 0.29) is 0 Å². The summed E-state index contributed by atoms with van der Waals surface area (Å²) in [5.41, 5.74) is 1.90. The Bertz CT molecular complexity index is 352. The van der Waals surface area contributed by atoms with Crippen molar-refractivity contribution in [3.63, 3.8) is 0 Å². The zero-order chi connectivity index (χ0) is 13.6. The van der Waals surface area contributed by atoms with E-state index in [0.717, 1.165) is 13.1 Å². The van der Waals surface area contributed by atoms with Crippen molar-refractivity contribution >= 4 is 11.3 Å². The van der Waals surface area contributed by atoms with Crippen LogP contribution in [-0.2, 0) is 6.54 Å². The fraction of sp³-hybridized carbons (Fsp3) is 0.750. The van der Waals surface area contributed by atoms with Gasteiger partial charge < -0.3 is 5.32 Å². The lowest BCUT2D eigenvalue weighted by molar-refractivity contribution is 0.302. The number of thiophene rings is 1. The van der Waals surface area contributed by atoms with E-state index >= 15 is 0 Å². The van der Waals surface area contributed by atoms with Crippen LogP contribution in [-0.4, -0.2) is 6.54 Å². The lowest BCUT2D eigenvalue weighted by Crippen LogP contribution is -2.29. The Morgan fingerprint density at radius 3 is 2.50 bits per heavy atom. The van der Waals surface area contributed by atoms with Gasteiger partial charge in [-0.25, -0.2) is 0 Å². The number of hydrogen-bond acceptors (Lipinski definition) is 2. The number of rotatable bonds is 8. The maximum absolute atomic E-state index is 3.63. The normalized spacial score (nSPS) is 12.1. The predicted octanol–water partition coefficient (Wildman–Crippen LogP) is 5.06. The van der Waals surface area contributed by atoms with Crippen LogP contribution in [0.3, 0.4) is 0 Å². The molecule has 0 bridgehead atoms. The standard InChI is InChI=1S/C16H29NS/c1-6-7-8-9-16(4,5)12-17-11-15-10-13(2)18-14(15)3/h10,17H,6-9,11-12H2,1-5H3. The first kappa shape index (κ1) is 15.7. The maximum atomic E-state index is 3.63. The Hall–Kier alpha value is -0.340. The molecule has 1 nitrogen and oxygen atoms in total. The van der Waals surface area contributed by atoms with Gasteiger partial charge in [-0.3, -0.25) is 0 Å². The molecule has 0 saturated carbocycles. The van der Waals surface area contributed by atoms with Gasteiger partial charge in [-0.15, -0.1) is 11.3 Å². The molecule has 0 aliphatic carbocycles. The molecule has 0 saturated heterocycles. The molecule has 0 spiro atoms. The summed E-state index contributed by atoms with van der Waals surface area (Å²) in [6, 6.07) is 2.32. The third-order valence-corrected chi connectivity index (χ3v) is 4.53. The summed E-state index contributed by atoms with van der Waals surface area (Å²) in [7, 11) is 0. The smallest absolute Gasteiger partial charge is 0.0216 e. The van der Waals surface area contributed by atoms with Crippen molar-refractivity contribution in [3.8, 4) is 0 Å². The van der Waals surface area contributed by atoms with Crippen molar-refractivity contribution in [1.29, 1.82) is 0 Å². The molecule has 18 heavy (non-hydrogen) atoms. The highest BCUT2D eigenvalue weighted by molar-refractivity contribution is 7.12. The van der Waals surface area contributed by atoms with Gasteiger partial charge in [0.15, 0.2) is 0 Å². The van der Waals surface area contributed by atoms with Gasteiger partial charge in [0.2, 0.25) is 0 Å². The van der Waals surface area contributed by atoms with Crippen LogP contribution in [0, 0.1) is 19.3 Å². The van der Waals surface area contributed by atoms with Crippen molar-refractivity contribution in [2.45, 2.75) is 66.8 Å². The topological polar surface area (TPSA) is 12.0 Å². The van der Waals surface area contributed by atoms with Crippen molar-refractivity contribution in [2.24, 2.45) is 5.41 Å². The zero-order valence-corrected chi connectivity index (χ0v) is 13.5. The van der Waals surface area contributed by atoms with E-state index in [9.17, 15) is 0 Å². The molecule has 0 fully saturated rings. The molecular weight excluding hydrogens is 238 g/mol. The SMILES string of the molecule is CCCCCC(C)(C)CNCc1cc(C)sc1C. The van der Waals surface area contributed by atoms with E-state index in [1.165, 1.54) is 41.0 Å². The van der Waals surface area contributed by atoms with Gasteiger partial charge in [0, 0.05) is 22.8 Å². The fourth-order valence-corrected chi connectivity index (χ4v) is 3.28. The molecule has 0 aliphatic rings. The third-order valence-electron chi connectivity index (χ3n) is 3.52. The van der Waals surface area contributed by atoms with Crippen molar-refractivity contribution in [2.75, 3.05) is 6.54 Å². The second kappa shape index (κ2) is 7.30. The first-order valence-electron chi connectivity index (χ1n) is 7.21. The summed E-state index contributed by atoms with van der Waals surface area (Å²) >= 11 is 1.90. The highest BCUT2D eigenvalue weighted by atomic mass is 32.1. The average molecular weight is 267 g/mol. The Labute approximate surface area is 117 Å². The molecule has 0 amide bonds. The molecule has 0 aliphatic heterocycles. The quantitative estimate of drug-likeness (QED) is 0.649. The molecule has 0 atom stereocenters. The molecule has 1 N–H and O–H groups in total. The van der Waals surface area contributed by atoms with Gasteiger partial charge in [-0.1, -0.05) is 40.0 Å². The number of aryl methyl sites for hydroxylation is 2. The lowest BCUT2D eigenvalue weighted by Gasteiger charge is -2.25. The Balaban J connectivity index is 2.29. The second-order valence-corrected chi connectivity index (χ2v) is 7.62. The lowest BCUT2D eigenvalue weighted by atomic mass is 9.87.